The number of ether oxygens (including phenoxy) is 1. The first-order valence-corrected chi connectivity index (χ1v) is 6.56. The number of esters is 1. The number of rotatable bonds is 3. The molecule has 18 heavy (non-hydrogen) atoms. The summed E-state index contributed by atoms with van der Waals surface area (Å²) in [6.45, 7) is 4.14. The molecule has 2 rings (SSSR count). The zero-order chi connectivity index (χ0) is 13.1. The zero-order valence-corrected chi connectivity index (χ0v) is 11.5. The van der Waals surface area contributed by atoms with Gasteiger partial charge in [0, 0.05) is 10.9 Å². The fraction of sp³-hybridized carbons (Fsp3) is 0.286. The van der Waals surface area contributed by atoms with E-state index >= 15 is 0 Å². The Labute approximate surface area is 110 Å². The molecule has 94 valence electrons. The SMILES string of the molecule is COC(=O)Cc1csc(-c2cc(C)cc(C)c2)n1. The van der Waals surface area contributed by atoms with Crippen molar-refractivity contribution < 1.29 is 9.53 Å². The summed E-state index contributed by atoms with van der Waals surface area (Å²) in [7, 11) is 1.39. The number of aromatic nitrogens is 1. The van der Waals surface area contributed by atoms with Crippen molar-refractivity contribution in [2.24, 2.45) is 0 Å². The summed E-state index contributed by atoms with van der Waals surface area (Å²) in [4.78, 5) is 15.6. The standard InChI is InChI=1S/C14H15NO2S/c1-9-4-10(2)6-11(5-9)14-15-12(8-18-14)7-13(16)17-3/h4-6,8H,7H2,1-3H3. The van der Waals surface area contributed by atoms with Gasteiger partial charge in [-0.15, -0.1) is 11.3 Å². The van der Waals surface area contributed by atoms with Gasteiger partial charge in [-0.25, -0.2) is 4.98 Å². The maximum absolute atomic E-state index is 11.2. The third-order valence-electron chi connectivity index (χ3n) is 2.57. The van der Waals surface area contributed by atoms with Crippen LogP contribution in [-0.4, -0.2) is 18.1 Å². The van der Waals surface area contributed by atoms with Crippen molar-refractivity contribution in [3.05, 3.63) is 40.4 Å². The second kappa shape index (κ2) is 5.31. The van der Waals surface area contributed by atoms with E-state index in [0.717, 1.165) is 16.3 Å². The summed E-state index contributed by atoms with van der Waals surface area (Å²) < 4.78 is 4.63. The Morgan fingerprint density at radius 2 is 1.94 bits per heavy atom. The minimum Gasteiger partial charge on any atom is -0.469 e. The number of benzene rings is 1. The fourth-order valence-electron chi connectivity index (χ4n) is 1.84. The van der Waals surface area contributed by atoms with E-state index in [1.54, 1.807) is 11.3 Å². The van der Waals surface area contributed by atoms with Crippen molar-refractivity contribution in [3.63, 3.8) is 0 Å². The number of hydrogen-bond acceptors (Lipinski definition) is 4. The lowest BCUT2D eigenvalue weighted by molar-refractivity contribution is -0.139. The lowest BCUT2D eigenvalue weighted by Crippen LogP contribution is -2.04. The Morgan fingerprint density at radius 3 is 2.56 bits per heavy atom. The number of methoxy groups -OCH3 is 1. The van der Waals surface area contributed by atoms with Gasteiger partial charge in [0.05, 0.1) is 19.2 Å². The highest BCUT2D eigenvalue weighted by Crippen LogP contribution is 2.25. The van der Waals surface area contributed by atoms with Gasteiger partial charge < -0.3 is 4.74 Å². The van der Waals surface area contributed by atoms with Crippen LogP contribution in [0.2, 0.25) is 0 Å². The number of thiazole rings is 1. The van der Waals surface area contributed by atoms with Gasteiger partial charge >= 0.3 is 5.97 Å². The van der Waals surface area contributed by atoms with Gasteiger partial charge in [0.15, 0.2) is 0 Å². The summed E-state index contributed by atoms with van der Waals surface area (Å²) >= 11 is 1.55. The monoisotopic (exact) mass is 261 g/mol. The number of carbonyl (C=O) groups excluding carboxylic acids is 1. The van der Waals surface area contributed by atoms with Gasteiger partial charge in [0.2, 0.25) is 0 Å². The van der Waals surface area contributed by atoms with Crippen LogP contribution in [0.4, 0.5) is 0 Å². The fourth-order valence-corrected chi connectivity index (χ4v) is 2.65. The molecule has 0 aliphatic carbocycles. The molecular formula is C14H15NO2S. The molecule has 1 heterocycles. The molecule has 3 nitrogen and oxygen atoms in total. The average Bonchev–Trinajstić information content (AvgIpc) is 2.76. The molecular weight excluding hydrogens is 246 g/mol. The van der Waals surface area contributed by atoms with E-state index in [4.69, 9.17) is 0 Å². The highest BCUT2D eigenvalue weighted by molar-refractivity contribution is 7.13. The van der Waals surface area contributed by atoms with Crippen molar-refractivity contribution in [2.75, 3.05) is 7.11 Å². The molecule has 1 aromatic heterocycles. The maximum Gasteiger partial charge on any atom is 0.311 e. The molecule has 0 aliphatic heterocycles. The highest BCUT2D eigenvalue weighted by Gasteiger charge is 2.09. The predicted octanol–water partition coefficient (Wildman–Crippen LogP) is 3.14. The largest absolute Gasteiger partial charge is 0.469 e. The molecule has 0 saturated heterocycles. The van der Waals surface area contributed by atoms with Crippen LogP contribution in [0, 0.1) is 13.8 Å². The topological polar surface area (TPSA) is 39.2 Å². The van der Waals surface area contributed by atoms with Gasteiger partial charge in [-0.1, -0.05) is 17.2 Å². The molecule has 0 spiro atoms. The van der Waals surface area contributed by atoms with E-state index in [-0.39, 0.29) is 12.4 Å². The molecule has 0 N–H and O–H groups in total. The first-order chi connectivity index (χ1) is 8.58. The van der Waals surface area contributed by atoms with Gasteiger partial charge in [0.1, 0.15) is 5.01 Å². The molecule has 0 saturated carbocycles. The molecule has 1 aromatic carbocycles. The quantitative estimate of drug-likeness (QED) is 0.797. The third kappa shape index (κ3) is 2.96. The molecule has 0 aliphatic rings. The van der Waals surface area contributed by atoms with Crippen molar-refractivity contribution in [1.29, 1.82) is 0 Å². The van der Waals surface area contributed by atoms with E-state index in [9.17, 15) is 4.79 Å². The second-order valence-electron chi connectivity index (χ2n) is 4.27. The van der Waals surface area contributed by atoms with Crippen LogP contribution in [0.3, 0.4) is 0 Å². The average molecular weight is 261 g/mol. The lowest BCUT2D eigenvalue weighted by atomic mass is 10.1. The van der Waals surface area contributed by atoms with Crippen LogP contribution in [0.5, 0.6) is 0 Å². The normalized spacial score (nSPS) is 10.4. The van der Waals surface area contributed by atoms with Crippen LogP contribution >= 0.6 is 11.3 Å². The van der Waals surface area contributed by atoms with Crippen LogP contribution in [0.25, 0.3) is 10.6 Å². The summed E-state index contributed by atoms with van der Waals surface area (Å²) in [5.74, 6) is -0.257. The third-order valence-corrected chi connectivity index (χ3v) is 3.51. The number of carbonyl (C=O) groups is 1. The summed E-state index contributed by atoms with van der Waals surface area (Å²) in [5.41, 5.74) is 4.30. The second-order valence-corrected chi connectivity index (χ2v) is 5.13. The van der Waals surface area contributed by atoms with E-state index in [2.05, 4.69) is 41.8 Å². The van der Waals surface area contributed by atoms with E-state index in [0.29, 0.717) is 0 Å². The Morgan fingerprint density at radius 1 is 1.28 bits per heavy atom. The molecule has 0 fully saturated rings. The van der Waals surface area contributed by atoms with Crippen LogP contribution in [0.15, 0.2) is 23.6 Å². The lowest BCUT2D eigenvalue weighted by Gasteiger charge is -2.01. The van der Waals surface area contributed by atoms with E-state index in [1.807, 2.05) is 5.38 Å². The summed E-state index contributed by atoms with van der Waals surface area (Å²) in [5, 5.41) is 2.85. The van der Waals surface area contributed by atoms with Gasteiger partial charge in [0.25, 0.3) is 0 Å². The molecule has 4 heteroatoms. The first-order valence-electron chi connectivity index (χ1n) is 5.68. The number of aryl methyl sites for hydroxylation is 2. The van der Waals surface area contributed by atoms with E-state index < -0.39 is 0 Å². The van der Waals surface area contributed by atoms with Crippen LogP contribution < -0.4 is 0 Å². The van der Waals surface area contributed by atoms with Crippen molar-refractivity contribution in [3.8, 4) is 10.6 Å². The van der Waals surface area contributed by atoms with Gasteiger partial charge in [-0.05, 0) is 26.0 Å². The minimum absolute atomic E-state index is 0.234. The Hall–Kier alpha value is -1.68. The van der Waals surface area contributed by atoms with Crippen molar-refractivity contribution >= 4 is 17.3 Å². The molecule has 0 bridgehead atoms. The van der Waals surface area contributed by atoms with Crippen molar-refractivity contribution in [1.82, 2.24) is 4.98 Å². The first kappa shape index (κ1) is 12.8. The minimum atomic E-state index is -0.257. The maximum atomic E-state index is 11.2. The Kier molecular flexibility index (Phi) is 3.77. The molecule has 0 atom stereocenters. The summed E-state index contributed by atoms with van der Waals surface area (Å²) in [6, 6.07) is 6.34. The van der Waals surface area contributed by atoms with Crippen LogP contribution in [-0.2, 0) is 16.0 Å². The van der Waals surface area contributed by atoms with Crippen molar-refractivity contribution in [2.45, 2.75) is 20.3 Å². The van der Waals surface area contributed by atoms with Crippen LogP contribution in [0.1, 0.15) is 16.8 Å². The van der Waals surface area contributed by atoms with Gasteiger partial charge in [-0.2, -0.15) is 0 Å². The zero-order valence-electron chi connectivity index (χ0n) is 10.7. The predicted molar refractivity (Wildman–Crippen MR) is 72.7 cm³/mol. The Bertz CT molecular complexity index is 555. The highest BCUT2D eigenvalue weighted by atomic mass is 32.1. The smallest absolute Gasteiger partial charge is 0.311 e. The molecule has 0 amide bonds. The summed E-state index contributed by atoms with van der Waals surface area (Å²) in [6.07, 6.45) is 0.234. The number of hydrogen-bond donors (Lipinski definition) is 0. The molecule has 0 radical (unpaired) electrons. The molecule has 2 aromatic rings. The molecule has 0 unspecified atom stereocenters. The van der Waals surface area contributed by atoms with E-state index in [1.165, 1.54) is 18.2 Å². The van der Waals surface area contributed by atoms with Gasteiger partial charge in [-0.3, -0.25) is 4.79 Å². The Balaban J connectivity index is 2.26. The number of nitrogens with zero attached hydrogens (tertiary/aromatic N) is 1.